The molecule has 2 heterocycles. The van der Waals surface area contributed by atoms with E-state index in [1.807, 2.05) is 6.92 Å². The Morgan fingerprint density at radius 2 is 1.92 bits per heavy atom. The molecule has 2 aromatic heterocycles. The van der Waals surface area contributed by atoms with Crippen molar-refractivity contribution in [2.45, 2.75) is 19.6 Å². The Morgan fingerprint density at radius 1 is 1.16 bits per heavy atom. The van der Waals surface area contributed by atoms with Crippen molar-refractivity contribution in [3.63, 3.8) is 0 Å². The largest absolute Gasteiger partial charge is 0.433 e. The summed E-state index contributed by atoms with van der Waals surface area (Å²) in [7, 11) is 0. The van der Waals surface area contributed by atoms with Crippen LogP contribution in [0.5, 0.6) is 0 Å². The van der Waals surface area contributed by atoms with Crippen LogP contribution in [0.3, 0.4) is 0 Å². The summed E-state index contributed by atoms with van der Waals surface area (Å²) in [5.41, 5.74) is 0.464. The zero-order chi connectivity index (χ0) is 18.2. The molecule has 9 heteroatoms. The molecule has 0 fully saturated rings. The number of aromatic nitrogens is 4. The summed E-state index contributed by atoms with van der Waals surface area (Å²) in [6.07, 6.45) is -2.05. The van der Waals surface area contributed by atoms with E-state index < -0.39 is 17.6 Å². The third-order valence-corrected chi connectivity index (χ3v) is 3.85. The Bertz CT molecular complexity index is 961. The van der Waals surface area contributed by atoms with Crippen LogP contribution in [-0.4, -0.2) is 19.3 Å². The minimum atomic E-state index is -4.50. The van der Waals surface area contributed by atoms with Crippen molar-refractivity contribution in [2.75, 3.05) is 0 Å². The summed E-state index contributed by atoms with van der Waals surface area (Å²) in [6.45, 7) is 1.86. The number of hydrogen-bond acceptors (Lipinski definition) is 3. The van der Waals surface area contributed by atoms with Crippen LogP contribution in [0.25, 0.3) is 5.69 Å². The highest BCUT2D eigenvalue weighted by molar-refractivity contribution is 6.30. The second-order valence-electron chi connectivity index (χ2n) is 5.41. The highest BCUT2D eigenvalue weighted by Gasteiger charge is 2.32. The van der Waals surface area contributed by atoms with Crippen molar-refractivity contribution >= 4 is 11.6 Å². The van der Waals surface area contributed by atoms with E-state index in [1.54, 1.807) is 18.2 Å². The van der Waals surface area contributed by atoms with Gasteiger partial charge in [0.05, 0.1) is 12.2 Å². The standard InChI is InChI=1S/C16H12ClF3N4O/c1-10-6-12(17)3-4-13(10)24-9-22-15(25)23(24)8-11-2-5-14(21-7-11)16(18,19)20/h2-7,9H,8H2,1H3. The van der Waals surface area contributed by atoms with Crippen LogP contribution >= 0.6 is 11.6 Å². The summed E-state index contributed by atoms with van der Waals surface area (Å²) < 4.78 is 40.6. The molecule has 0 spiro atoms. The molecule has 0 N–H and O–H groups in total. The number of hydrogen-bond donors (Lipinski definition) is 0. The highest BCUT2D eigenvalue weighted by Crippen LogP contribution is 2.27. The first-order chi connectivity index (χ1) is 11.8. The number of alkyl halides is 3. The molecule has 0 atom stereocenters. The fraction of sp³-hybridized carbons (Fsp3) is 0.188. The van der Waals surface area contributed by atoms with Gasteiger partial charge in [0, 0.05) is 11.2 Å². The summed E-state index contributed by atoms with van der Waals surface area (Å²) >= 11 is 5.94. The van der Waals surface area contributed by atoms with E-state index in [4.69, 9.17) is 11.6 Å². The van der Waals surface area contributed by atoms with Gasteiger partial charge in [-0.2, -0.15) is 18.2 Å². The quantitative estimate of drug-likeness (QED) is 0.711. The minimum absolute atomic E-state index is 0.0338. The Kier molecular flexibility index (Phi) is 4.38. The zero-order valence-electron chi connectivity index (χ0n) is 13.0. The second kappa shape index (κ2) is 6.36. The molecule has 25 heavy (non-hydrogen) atoms. The average molecular weight is 369 g/mol. The molecule has 3 aromatic rings. The van der Waals surface area contributed by atoms with E-state index in [2.05, 4.69) is 9.97 Å². The van der Waals surface area contributed by atoms with E-state index in [-0.39, 0.29) is 6.54 Å². The molecular weight excluding hydrogens is 357 g/mol. The van der Waals surface area contributed by atoms with E-state index in [0.717, 1.165) is 17.8 Å². The van der Waals surface area contributed by atoms with Gasteiger partial charge in [0.2, 0.25) is 0 Å². The molecule has 0 saturated heterocycles. The van der Waals surface area contributed by atoms with Crippen molar-refractivity contribution in [1.29, 1.82) is 0 Å². The molecular formula is C16H12ClF3N4O. The van der Waals surface area contributed by atoms with E-state index in [0.29, 0.717) is 16.3 Å². The van der Waals surface area contributed by atoms with Gasteiger partial charge in [-0.1, -0.05) is 17.7 Å². The lowest BCUT2D eigenvalue weighted by atomic mass is 10.2. The van der Waals surface area contributed by atoms with Crippen molar-refractivity contribution in [3.8, 4) is 5.69 Å². The molecule has 0 aliphatic rings. The SMILES string of the molecule is Cc1cc(Cl)ccc1-n1cnc(=O)n1Cc1ccc(C(F)(F)F)nc1. The van der Waals surface area contributed by atoms with Gasteiger partial charge in [-0.15, -0.1) is 0 Å². The summed E-state index contributed by atoms with van der Waals surface area (Å²) in [6, 6.07) is 7.33. The Labute approximate surface area is 145 Å². The maximum Gasteiger partial charge on any atom is 0.433 e. The maximum absolute atomic E-state index is 12.6. The molecule has 0 aliphatic heterocycles. The van der Waals surface area contributed by atoms with Crippen LogP contribution in [0.2, 0.25) is 5.02 Å². The molecule has 0 aliphatic carbocycles. The van der Waals surface area contributed by atoms with Gasteiger partial charge in [-0.05, 0) is 42.3 Å². The fourth-order valence-electron chi connectivity index (χ4n) is 2.40. The first-order valence-electron chi connectivity index (χ1n) is 7.19. The lowest BCUT2D eigenvalue weighted by molar-refractivity contribution is -0.141. The Morgan fingerprint density at radius 3 is 2.52 bits per heavy atom. The van der Waals surface area contributed by atoms with Crippen LogP contribution < -0.4 is 5.69 Å². The summed E-state index contributed by atoms with van der Waals surface area (Å²) in [4.78, 5) is 19.2. The molecule has 0 radical (unpaired) electrons. The third-order valence-electron chi connectivity index (χ3n) is 3.61. The van der Waals surface area contributed by atoms with Gasteiger partial charge >= 0.3 is 11.9 Å². The molecule has 1 aromatic carbocycles. The molecule has 0 amide bonds. The molecule has 0 saturated carbocycles. The highest BCUT2D eigenvalue weighted by atomic mass is 35.5. The Balaban J connectivity index is 1.96. The lowest BCUT2D eigenvalue weighted by Crippen LogP contribution is -2.24. The monoisotopic (exact) mass is 368 g/mol. The van der Waals surface area contributed by atoms with Crippen molar-refractivity contribution in [1.82, 2.24) is 19.3 Å². The van der Waals surface area contributed by atoms with Crippen LogP contribution in [0.4, 0.5) is 13.2 Å². The van der Waals surface area contributed by atoms with Crippen LogP contribution in [0, 0.1) is 6.92 Å². The minimum Gasteiger partial charge on any atom is -0.251 e. The normalized spacial score (nSPS) is 11.7. The predicted octanol–water partition coefficient (Wildman–Crippen LogP) is 3.46. The van der Waals surface area contributed by atoms with Crippen LogP contribution in [0.1, 0.15) is 16.8 Å². The summed E-state index contributed by atoms with van der Waals surface area (Å²) in [5.74, 6) is 0. The third kappa shape index (κ3) is 3.58. The smallest absolute Gasteiger partial charge is 0.251 e. The van der Waals surface area contributed by atoms with Gasteiger partial charge in [0.15, 0.2) is 0 Å². The molecule has 5 nitrogen and oxygen atoms in total. The fourth-order valence-corrected chi connectivity index (χ4v) is 2.62. The van der Waals surface area contributed by atoms with Gasteiger partial charge < -0.3 is 0 Å². The van der Waals surface area contributed by atoms with E-state index in [1.165, 1.54) is 21.8 Å². The first-order valence-corrected chi connectivity index (χ1v) is 7.56. The topological polar surface area (TPSA) is 52.7 Å². The van der Waals surface area contributed by atoms with Crippen LogP contribution in [0.15, 0.2) is 47.7 Å². The van der Waals surface area contributed by atoms with Crippen molar-refractivity contribution < 1.29 is 13.2 Å². The number of benzene rings is 1. The van der Waals surface area contributed by atoms with Crippen LogP contribution in [-0.2, 0) is 12.7 Å². The molecule has 130 valence electrons. The van der Waals surface area contributed by atoms with Crippen molar-refractivity contribution in [3.05, 3.63) is 75.2 Å². The van der Waals surface area contributed by atoms with Crippen molar-refractivity contribution in [2.24, 2.45) is 0 Å². The molecule has 0 unspecified atom stereocenters. The predicted molar refractivity (Wildman–Crippen MR) is 85.9 cm³/mol. The van der Waals surface area contributed by atoms with Gasteiger partial charge in [0.1, 0.15) is 12.0 Å². The Hall–Kier alpha value is -2.61. The summed E-state index contributed by atoms with van der Waals surface area (Å²) in [5, 5.41) is 0.558. The number of halogens is 4. The van der Waals surface area contributed by atoms with E-state index in [9.17, 15) is 18.0 Å². The van der Waals surface area contributed by atoms with E-state index >= 15 is 0 Å². The average Bonchev–Trinajstić information content (AvgIpc) is 2.88. The van der Waals surface area contributed by atoms with Gasteiger partial charge in [-0.25, -0.2) is 14.2 Å². The number of rotatable bonds is 3. The zero-order valence-corrected chi connectivity index (χ0v) is 13.7. The first kappa shape index (κ1) is 17.2. The number of nitrogens with zero attached hydrogens (tertiary/aromatic N) is 4. The number of aryl methyl sites for hydroxylation is 1. The van der Waals surface area contributed by atoms with Gasteiger partial charge in [0.25, 0.3) is 0 Å². The molecule has 0 bridgehead atoms. The maximum atomic E-state index is 12.6. The van der Waals surface area contributed by atoms with Gasteiger partial charge in [-0.3, -0.25) is 4.98 Å². The number of pyridine rings is 1. The molecule has 3 rings (SSSR count). The lowest BCUT2D eigenvalue weighted by Gasteiger charge is -2.13. The second-order valence-corrected chi connectivity index (χ2v) is 5.85.